The van der Waals surface area contributed by atoms with Crippen molar-refractivity contribution in [1.82, 2.24) is 0 Å². The quantitative estimate of drug-likeness (QED) is 0.663. The SMILES string of the molecule is c1ccc(C(CC2CCC2)CC2CC2)cc1. The Hall–Kier alpha value is -0.780. The summed E-state index contributed by atoms with van der Waals surface area (Å²) in [5.41, 5.74) is 1.60. The van der Waals surface area contributed by atoms with Gasteiger partial charge in [0.2, 0.25) is 0 Å². The largest absolute Gasteiger partial charge is 0.0622 e. The van der Waals surface area contributed by atoms with Crippen LogP contribution < -0.4 is 0 Å². The molecule has 2 fully saturated rings. The molecule has 0 saturated heterocycles. The molecule has 1 aromatic rings. The first-order valence-corrected chi connectivity index (χ1v) is 6.97. The van der Waals surface area contributed by atoms with Crippen molar-refractivity contribution in [2.75, 3.05) is 0 Å². The van der Waals surface area contributed by atoms with Gasteiger partial charge in [-0.1, -0.05) is 62.4 Å². The molecule has 0 bridgehead atoms. The van der Waals surface area contributed by atoms with Crippen LogP contribution in [0.15, 0.2) is 30.3 Å². The summed E-state index contributed by atoms with van der Waals surface area (Å²) < 4.78 is 0. The highest BCUT2D eigenvalue weighted by Gasteiger charge is 2.29. The summed E-state index contributed by atoms with van der Waals surface area (Å²) in [6, 6.07) is 11.2. The van der Waals surface area contributed by atoms with Gasteiger partial charge in [-0.15, -0.1) is 0 Å². The van der Waals surface area contributed by atoms with Gasteiger partial charge in [0.1, 0.15) is 0 Å². The third-order valence-corrected chi connectivity index (χ3v) is 4.43. The van der Waals surface area contributed by atoms with Gasteiger partial charge in [-0.3, -0.25) is 0 Å². The van der Waals surface area contributed by atoms with Gasteiger partial charge in [0.05, 0.1) is 0 Å². The highest BCUT2D eigenvalue weighted by atomic mass is 14.3. The molecule has 3 rings (SSSR count). The van der Waals surface area contributed by atoms with Crippen LogP contribution in [-0.4, -0.2) is 0 Å². The van der Waals surface area contributed by atoms with Crippen LogP contribution in [0.2, 0.25) is 0 Å². The Morgan fingerprint density at radius 1 is 0.875 bits per heavy atom. The summed E-state index contributed by atoms with van der Waals surface area (Å²) in [4.78, 5) is 0. The summed E-state index contributed by atoms with van der Waals surface area (Å²) >= 11 is 0. The summed E-state index contributed by atoms with van der Waals surface area (Å²) in [7, 11) is 0. The smallest absolute Gasteiger partial charge is 0.0157 e. The molecule has 16 heavy (non-hydrogen) atoms. The van der Waals surface area contributed by atoms with E-state index in [-0.39, 0.29) is 0 Å². The molecule has 1 atom stereocenters. The zero-order valence-corrected chi connectivity index (χ0v) is 10.1. The Labute approximate surface area is 99.1 Å². The lowest BCUT2D eigenvalue weighted by molar-refractivity contribution is 0.268. The van der Waals surface area contributed by atoms with Crippen molar-refractivity contribution < 1.29 is 0 Å². The monoisotopic (exact) mass is 214 g/mol. The third-order valence-electron chi connectivity index (χ3n) is 4.43. The van der Waals surface area contributed by atoms with E-state index in [4.69, 9.17) is 0 Å². The van der Waals surface area contributed by atoms with Crippen LogP contribution in [0.25, 0.3) is 0 Å². The summed E-state index contributed by atoms with van der Waals surface area (Å²) in [5.74, 6) is 2.97. The molecule has 0 nitrogen and oxygen atoms in total. The van der Waals surface area contributed by atoms with E-state index in [1.165, 1.54) is 44.9 Å². The van der Waals surface area contributed by atoms with Crippen LogP contribution in [-0.2, 0) is 0 Å². The topological polar surface area (TPSA) is 0 Å². The van der Waals surface area contributed by atoms with E-state index < -0.39 is 0 Å². The van der Waals surface area contributed by atoms with Crippen LogP contribution in [0.4, 0.5) is 0 Å². The van der Waals surface area contributed by atoms with Crippen molar-refractivity contribution in [2.24, 2.45) is 11.8 Å². The maximum Gasteiger partial charge on any atom is -0.0157 e. The van der Waals surface area contributed by atoms with Crippen molar-refractivity contribution in [3.8, 4) is 0 Å². The minimum absolute atomic E-state index is 0.860. The van der Waals surface area contributed by atoms with Gasteiger partial charge in [-0.2, -0.15) is 0 Å². The molecular weight excluding hydrogens is 192 g/mol. The fourth-order valence-electron chi connectivity index (χ4n) is 2.98. The predicted octanol–water partition coefficient (Wildman–Crippen LogP) is 4.76. The van der Waals surface area contributed by atoms with Crippen molar-refractivity contribution in [3.05, 3.63) is 35.9 Å². The van der Waals surface area contributed by atoms with Crippen molar-refractivity contribution in [2.45, 2.75) is 50.9 Å². The molecule has 0 amide bonds. The normalized spacial score (nSPS) is 22.8. The molecule has 2 aliphatic rings. The lowest BCUT2D eigenvalue weighted by Crippen LogP contribution is -2.15. The van der Waals surface area contributed by atoms with Gasteiger partial charge in [0, 0.05) is 0 Å². The molecule has 0 heterocycles. The Morgan fingerprint density at radius 3 is 2.00 bits per heavy atom. The Bertz CT molecular complexity index is 319. The van der Waals surface area contributed by atoms with Crippen LogP contribution in [0.3, 0.4) is 0 Å². The summed E-state index contributed by atoms with van der Waals surface area (Å²) in [6.07, 6.45) is 10.4. The average molecular weight is 214 g/mol. The molecule has 1 unspecified atom stereocenters. The molecule has 0 spiro atoms. The molecule has 0 aromatic heterocycles. The first-order chi connectivity index (χ1) is 7.92. The van der Waals surface area contributed by atoms with Crippen LogP contribution in [0, 0.1) is 11.8 Å². The average Bonchev–Trinajstić information content (AvgIpc) is 3.06. The van der Waals surface area contributed by atoms with E-state index >= 15 is 0 Å². The van der Waals surface area contributed by atoms with Gasteiger partial charge >= 0.3 is 0 Å². The second kappa shape index (κ2) is 4.61. The van der Waals surface area contributed by atoms with E-state index in [1.807, 2.05) is 0 Å². The second-order valence-corrected chi connectivity index (χ2v) is 5.82. The zero-order valence-electron chi connectivity index (χ0n) is 10.1. The van der Waals surface area contributed by atoms with E-state index in [0.29, 0.717) is 0 Å². The highest BCUT2D eigenvalue weighted by Crippen LogP contribution is 2.43. The lowest BCUT2D eigenvalue weighted by atomic mass is 9.76. The minimum atomic E-state index is 0.860. The summed E-state index contributed by atoms with van der Waals surface area (Å²) in [6.45, 7) is 0. The maximum atomic E-state index is 2.34. The highest BCUT2D eigenvalue weighted by molar-refractivity contribution is 5.20. The molecule has 2 aliphatic carbocycles. The Kier molecular flexibility index (Phi) is 2.99. The molecule has 0 heteroatoms. The molecular formula is C16H22. The number of hydrogen-bond donors (Lipinski definition) is 0. The van der Waals surface area contributed by atoms with Crippen LogP contribution in [0.5, 0.6) is 0 Å². The van der Waals surface area contributed by atoms with Gasteiger partial charge in [-0.25, -0.2) is 0 Å². The van der Waals surface area contributed by atoms with Crippen LogP contribution >= 0.6 is 0 Å². The predicted molar refractivity (Wildman–Crippen MR) is 68.5 cm³/mol. The molecule has 0 aliphatic heterocycles. The van der Waals surface area contributed by atoms with E-state index in [1.54, 1.807) is 5.56 Å². The number of hydrogen-bond acceptors (Lipinski definition) is 0. The van der Waals surface area contributed by atoms with Gasteiger partial charge in [0.15, 0.2) is 0 Å². The van der Waals surface area contributed by atoms with Gasteiger partial charge < -0.3 is 0 Å². The Morgan fingerprint density at radius 2 is 1.50 bits per heavy atom. The fourth-order valence-corrected chi connectivity index (χ4v) is 2.98. The maximum absolute atomic E-state index is 2.34. The standard InChI is InChI=1S/C16H22/c1-2-7-15(8-3-1)16(12-14-9-10-14)11-13-5-4-6-13/h1-3,7-8,13-14,16H,4-6,9-12H2. The minimum Gasteiger partial charge on any atom is -0.0622 e. The van der Waals surface area contributed by atoms with Crippen LogP contribution in [0.1, 0.15) is 56.4 Å². The number of benzene rings is 1. The van der Waals surface area contributed by atoms with Gasteiger partial charge in [0.25, 0.3) is 0 Å². The number of rotatable bonds is 5. The van der Waals surface area contributed by atoms with Gasteiger partial charge in [-0.05, 0) is 36.2 Å². The first-order valence-electron chi connectivity index (χ1n) is 6.97. The van der Waals surface area contributed by atoms with Crippen molar-refractivity contribution in [1.29, 1.82) is 0 Å². The Balaban J connectivity index is 1.67. The van der Waals surface area contributed by atoms with Crippen molar-refractivity contribution >= 4 is 0 Å². The first kappa shape index (κ1) is 10.4. The molecule has 1 aromatic carbocycles. The molecule has 0 N–H and O–H groups in total. The lowest BCUT2D eigenvalue weighted by Gasteiger charge is -2.30. The summed E-state index contributed by atoms with van der Waals surface area (Å²) in [5, 5.41) is 0. The van der Waals surface area contributed by atoms with E-state index in [9.17, 15) is 0 Å². The van der Waals surface area contributed by atoms with E-state index in [0.717, 1.165) is 17.8 Å². The molecule has 2 saturated carbocycles. The van der Waals surface area contributed by atoms with E-state index in [2.05, 4.69) is 30.3 Å². The fraction of sp³-hybridized carbons (Fsp3) is 0.625. The zero-order chi connectivity index (χ0) is 10.8. The molecule has 0 radical (unpaired) electrons. The second-order valence-electron chi connectivity index (χ2n) is 5.82. The molecule has 86 valence electrons. The third kappa shape index (κ3) is 2.48. The van der Waals surface area contributed by atoms with Crippen molar-refractivity contribution in [3.63, 3.8) is 0 Å².